The normalized spacial score (nSPS) is 12.0. The molecule has 3 nitrogen and oxygen atoms in total. The summed E-state index contributed by atoms with van der Waals surface area (Å²) in [7, 11) is 0. The summed E-state index contributed by atoms with van der Waals surface area (Å²) in [5, 5.41) is 9.76. The van der Waals surface area contributed by atoms with Crippen LogP contribution < -0.4 is 4.90 Å². The number of fused-ring (bicyclic) bond motifs is 10. The molecule has 0 N–H and O–H groups in total. The molecule has 11 aromatic rings. The van der Waals surface area contributed by atoms with E-state index in [2.05, 4.69) is 167 Å². The third-order valence-corrected chi connectivity index (χ3v) is 11.3. The van der Waals surface area contributed by atoms with Crippen LogP contribution in [0.1, 0.15) is 0 Å². The van der Waals surface area contributed by atoms with Gasteiger partial charge >= 0.3 is 0 Å². The van der Waals surface area contributed by atoms with Gasteiger partial charge < -0.3 is 13.9 Å². The van der Waals surface area contributed by atoms with Crippen LogP contribution in [0.2, 0.25) is 0 Å². The van der Waals surface area contributed by atoms with Gasteiger partial charge in [-0.1, -0.05) is 91.0 Å². The first-order valence-corrected chi connectivity index (χ1v) is 17.7. The fourth-order valence-corrected chi connectivity index (χ4v) is 9.07. The Morgan fingerprint density at radius 2 is 1.12 bits per heavy atom. The zero-order valence-electron chi connectivity index (χ0n) is 26.9. The minimum atomic E-state index is 0.876. The Morgan fingerprint density at radius 1 is 0.440 bits per heavy atom. The lowest BCUT2D eigenvalue weighted by Crippen LogP contribution is -2.10. The maximum Gasteiger partial charge on any atom is 0.137 e. The number of para-hydroxylation sites is 3. The van der Waals surface area contributed by atoms with Crippen molar-refractivity contribution >= 4 is 103 Å². The number of thiophene rings is 1. The number of rotatable bonds is 4. The molecule has 0 aliphatic rings. The Morgan fingerprint density at radius 3 is 2.00 bits per heavy atom. The van der Waals surface area contributed by atoms with Crippen molar-refractivity contribution in [2.24, 2.45) is 0 Å². The highest BCUT2D eigenvalue weighted by Crippen LogP contribution is 2.47. The molecule has 0 spiro atoms. The van der Waals surface area contributed by atoms with Gasteiger partial charge in [0.2, 0.25) is 0 Å². The van der Waals surface area contributed by atoms with Crippen molar-refractivity contribution in [2.45, 2.75) is 0 Å². The maximum atomic E-state index is 6.46. The number of anilines is 3. The number of benzene rings is 8. The van der Waals surface area contributed by atoms with Crippen molar-refractivity contribution in [1.29, 1.82) is 0 Å². The van der Waals surface area contributed by atoms with Crippen LogP contribution in [-0.4, -0.2) is 4.57 Å². The standard InChI is InChI=1S/C46H28N2OS/c1-2-13-31(14-3-1)48-39-17-8-6-15-34(39)35-23-21-32(27-41(35)48)47(33-22-24-37-36-16-7-9-19-42(36)49-43(37)28-33)40-18-10-20-44-46(40)38-25-29-11-4-5-12-30(29)26-45(38)50-44/h1-28H. The van der Waals surface area contributed by atoms with Crippen LogP contribution in [0, 0.1) is 0 Å². The molecule has 0 saturated carbocycles. The van der Waals surface area contributed by atoms with Crippen molar-refractivity contribution in [3.8, 4) is 5.69 Å². The number of furan rings is 1. The average molecular weight is 657 g/mol. The van der Waals surface area contributed by atoms with E-state index in [1.165, 1.54) is 47.2 Å². The smallest absolute Gasteiger partial charge is 0.137 e. The Bertz CT molecular complexity index is 3110. The molecule has 0 unspecified atom stereocenters. The second kappa shape index (κ2) is 10.6. The van der Waals surface area contributed by atoms with Crippen LogP contribution in [0.15, 0.2) is 174 Å². The van der Waals surface area contributed by atoms with Crippen molar-refractivity contribution in [3.05, 3.63) is 170 Å². The molecule has 0 aliphatic heterocycles. The van der Waals surface area contributed by atoms with Gasteiger partial charge in [-0.3, -0.25) is 0 Å². The average Bonchev–Trinajstić information content (AvgIpc) is 3.83. The van der Waals surface area contributed by atoms with Crippen LogP contribution >= 0.6 is 11.3 Å². The summed E-state index contributed by atoms with van der Waals surface area (Å²) in [5.74, 6) is 0. The Labute approximate surface area is 291 Å². The summed E-state index contributed by atoms with van der Waals surface area (Å²) in [4.78, 5) is 2.42. The quantitative estimate of drug-likeness (QED) is 0.188. The molecule has 0 saturated heterocycles. The molecule has 0 aliphatic carbocycles. The summed E-state index contributed by atoms with van der Waals surface area (Å²) >= 11 is 1.86. The highest BCUT2D eigenvalue weighted by atomic mass is 32.1. The van der Waals surface area contributed by atoms with E-state index in [-0.39, 0.29) is 0 Å². The molecular weight excluding hydrogens is 629 g/mol. The van der Waals surface area contributed by atoms with E-state index < -0.39 is 0 Å². The maximum absolute atomic E-state index is 6.46. The number of nitrogens with zero attached hydrogens (tertiary/aromatic N) is 2. The van der Waals surface area contributed by atoms with Gasteiger partial charge in [0.05, 0.1) is 16.7 Å². The molecule has 11 rings (SSSR count). The molecule has 0 amide bonds. The summed E-state index contributed by atoms with van der Waals surface area (Å²) in [6.07, 6.45) is 0. The molecule has 3 heterocycles. The van der Waals surface area contributed by atoms with Crippen LogP contribution in [0.5, 0.6) is 0 Å². The number of hydrogen-bond donors (Lipinski definition) is 0. The van der Waals surface area contributed by atoms with Crippen molar-refractivity contribution in [3.63, 3.8) is 0 Å². The summed E-state index contributed by atoms with van der Waals surface area (Å²) < 4.78 is 11.4. The van der Waals surface area contributed by atoms with Gasteiger partial charge in [-0.15, -0.1) is 11.3 Å². The van der Waals surface area contributed by atoms with Gasteiger partial charge in [-0.2, -0.15) is 0 Å². The third kappa shape index (κ3) is 4.03. The molecule has 8 aromatic carbocycles. The van der Waals surface area contributed by atoms with Gasteiger partial charge in [0.25, 0.3) is 0 Å². The predicted octanol–water partition coefficient (Wildman–Crippen LogP) is 13.7. The Balaban J connectivity index is 1.23. The fourth-order valence-electron chi connectivity index (χ4n) is 7.91. The third-order valence-electron chi connectivity index (χ3n) is 10.1. The van der Waals surface area contributed by atoms with Gasteiger partial charge in [0.15, 0.2) is 0 Å². The Kier molecular flexibility index (Phi) is 5.83. The fraction of sp³-hybridized carbons (Fsp3) is 0. The van der Waals surface area contributed by atoms with Gasteiger partial charge in [0.1, 0.15) is 11.2 Å². The van der Waals surface area contributed by atoms with Gasteiger partial charge in [-0.25, -0.2) is 0 Å². The second-order valence-electron chi connectivity index (χ2n) is 13.0. The van der Waals surface area contributed by atoms with Crippen molar-refractivity contribution in [2.75, 3.05) is 4.90 Å². The van der Waals surface area contributed by atoms with E-state index in [1.54, 1.807) is 0 Å². The van der Waals surface area contributed by atoms with E-state index >= 15 is 0 Å². The lowest BCUT2D eigenvalue weighted by molar-refractivity contribution is 0.669. The monoisotopic (exact) mass is 656 g/mol. The van der Waals surface area contributed by atoms with Crippen molar-refractivity contribution < 1.29 is 4.42 Å². The molecule has 0 bridgehead atoms. The van der Waals surface area contributed by atoms with Crippen molar-refractivity contribution in [1.82, 2.24) is 4.57 Å². The van der Waals surface area contributed by atoms with Gasteiger partial charge in [-0.05, 0) is 83.6 Å². The molecular formula is C46H28N2OS. The summed E-state index contributed by atoms with van der Waals surface area (Å²) in [5.41, 5.74) is 8.55. The second-order valence-corrected chi connectivity index (χ2v) is 14.0. The van der Waals surface area contributed by atoms with E-state index in [4.69, 9.17) is 4.42 Å². The van der Waals surface area contributed by atoms with E-state index in [1.807, 2.05) is 23.5 Å². The van der Waals surface area contributed by atoms with E-state index in [0.29, 0.717) is 0 Å². The molecule has 4 heteroatoms. The van der Waals surface area contributed by atoms with Crippen LogP contribution in [-0.2, 0) is 0 Å². The predicted molar refractivity (Wildman–Crippen MR) is 213 cm³/mol. The molecule has 50 heavy (non-hydrogen) atoms. The SMILES string of the molecule is c1ccc(-n2c3ccccc3c3ccc(N(c4ccc5c(c4)oc4ccccc45)c4cccc5sc6cc7ccccc7cc6c45)cc32)cc1. The topological polar surface area (TPSA) is 21.3 Å². The van der Waals surface area contributed by atoms with E-state index in [9.17, 15) is 0 Å². The molecule has 0 fully saturated rings. The molecule has 0 radical (unpaired) electrons. The zero-order chi connectivity index (χ0) is 32.8. The molecule has 3 aromatic heterocycles. The first-order chi connectivity index (χ1) is 24.8. The zero-order valence-corrected chi connectivity index (χ0v) is 27.7. The minimum Gasteiger partial charge on any atom is -0.456 e. The van der Waals surface area contributed by atoms with Gasteiger partial charge in [0, 0.05) is 64.8 Å². The summed E-state index contributed by atoms with van der Waals surface area (Å²) in [6.45, 7) is 0. The highest BCUT2D eigenvalue weighted by molar-refractivity contribution is 7.26. The highest BCUT2D eigenvalue weighted by Gasteiger charge is 2.22. The largest absolute Gasteiger partial charge is 0.456 e. The van der Waals surface area contributed by atoms with Crippen LogP contribution in [0.25, 0.3) is 80.4 Å². The molecule has 0 atom stereocenters. The molecule has 234 valence electrons. The summed E-state index contributed by atoms with van der Waals surface area (Å²) in [6, 6.07) is 61.3. The van der Waals surface area contributed by atoms with Crippen LogP contribution in [0.3, 0.4) is 0 Å². The first kappa shape index (κ1) is 27.6. The first-order valence-electron chi connectivity index (χ1n) is 16.9. The lowest BCUT2D eigenvalue weighted by atomic mass is 10.0. The minimum absolute atomic E-state index is 0.876. The number of hydrogen-bond acceptors (Lipinski definition) is 3. The Hall–Kier alpha value is -6.36. The van der Waals surface area contributed by atoms with E-state index in [0.717, 1.165) is 50.2 Å². The van der Waals surface area contributed by atoms with Crippen LogP contribution in [0.4, 0.5) is 17.1 Å². The lowest BCUT2D eigenvalue weighted by Gasteiger charge is -2.27. The number of aromatic nitrogens is 1.